The zero-order valence-electron chi connectivity index (χ0n) is 35.8. The molecule has 3 fully saturated rings. The third-order valence-electron chi connectivity index (χ3n) is 12.8. The zero-order valence-corrected chi connectivity index (χ0v) is 36.6. The average molecular weight is 841 g/mol. The van der Waals surface area contributed by atoms with Crippen molar-refractivity contribution in [3.05, 3.63) is 52.1 Å². The Morgan fingerprint density at radius 3 is 2.67 bits per heavy atom. The molecule has 1 saturated carbocycles. The number of aromatic nitrogens is 3. The Hall–Kier alpha value is -4.41. The molecule has 3 N–H and O–H groups in total. The number of hydrogen-bond acceptors (Lipinski definition) is 12. The SMILES string of the molecule is CCn1c(-c2cc(N3CCN(CCO)CC3)cnc2[C@H](C)OC)c2c3cc(ccc31)-c1csc(n1)C[C@H](NC(=O)[C@H]1C[C@@H]1C)C(=O)N1CCC[C@H](N1)C(=O)OCC(C)(C)C2. The first-order valence-corrected chi connectivity index (χ1v) is 22.5. The van der Waals surface area contributed by atoms with Gasteiger partial charge in [0.15, 0.2) is 0 Å². The molecule has 0 unspecified atom stereocenters. The van der Waals surface area contributed by atoms with Gasteiger partial charge in [-0.25, -0.2) is 10.4 Å². The largest absolute Gasteiger partial charge is 0.464 e. The molecule has 15 heteroatoms. The number of thiazole rings is 1. The van der Waals surface area contributed by atoms with Crippen molar-refractivity contribution >= 4 is 45.7 Å². The Bertz CT molecular complexity index is 2230. The maximum absolute atomic E-state index is 14.1. The van der Waals surface area contributed by atoms with Gasteiger partial charge in [-0.2, -0.15) is 0 Å². The average Bonchev–Trinajstić information content (AvgIpc) is 3.68. The summed E-state index contributed by atoms with van der Waals surface area (Å²) in [5.41, 5.74) is 10.6. The van der Waals surface area contributed by atoms with Gasteiger partial charge in [0, 0.05) is 98.1 Å². The fourth-order valence-corrected chi connectivity index (χ4v) is 9.96. The van der Waals surface area contributed by atoms with Crippen molar-refractivity contribution in [2.75, 3.05) is 64.5 Å². The number of anilines is 1. The number of piperazine rings is 1. The highest BCUT2D eigenvalue weighted by Crippen LogP contribution is 2.43. The lowest BCUT2D eigenvalue weighted by Crippen LogP contribution is -2.60. The van der Waals surface area contributed by atoms with E-state index >= 15 is 0 Å². The number of nitrogens with zero attached hydrogens (tertiary/aromatic N) is 6. The number of hydrogen-bond donors (Lipinski definition) is 3. The van der Waals surface area contributed by atoms with Crippen LogP contribution < -0.4 is 15.6 Å². The Morgan fingerprint density at radius 1 is 1.17 bits per heavy atom. The number of benzene rings is 1. The van der Waals surface area contributed by atoms with Gasteiger partial charge in [-0.05, 0) is 69.2 Å². The first-order valence-electron chi connectivity index (χ1n) is 21.6. The summed E-state index contributed by atoms with van der Waals surface area (Å²) < 4.78 is 14.5. The topological polar surface area (TPSA) is 154 Å². The van der Waals surface area contributed by atoms with Crippen molar-refractivity contribution in [1.82, 2.24) is 35.2 Å². The second-order valence-electron chi connectivity index (χ2n) is 17.8. The number of aliphatic hydroxyl groups is 1. The molecule has 3 aromatic heterocycles. The van der Waals surface area contributed by atoms with Crippen molar-refractivity contribution in [3.8, 4) is 22.5 Å². The molecule has 0 radical (unpaired) electrons. The molecule has 1 aliphatic carbocycles. The number of β-amino-alcohol motifs (C(OH)–C–C–N with tert-alkyl or cyclic N) is 1. The van der Waals surface area contributed by atoms with Gasteiger partial charge in [0.1, 0.15) is 12.1 Å². The standard InChI is InChI=1S/C45H60N8O6S/c1-7-52-38-11-10-29-20-32(38)34(41(52)33-21-30(24-46-40(33)28(3)58-6)51-15-13-50(14-16-51)17-18-54)23-45(4,5)26-59-44(57)35-9-8-12-53(49-35)43(56)36(22-39-47-37(29)25-60-39)48-42(55)31-19-27(31)2/h10-11,20-21,24-25,27-28,31,35-36,49,54H,7-9,12-19,22-23,26H2,1-6H3,(H,48,55)/t27-,28-,31-,35-,36-/m0/s1. The monoisotopic (exact) mass is 840 g/mol. The number of methoxy groups -OCH3 is 1. The molecule has 6 heterocycles. The van der Waals surface area contributed by atoms with E-state index in [0.29, 0.717) is 44.8 Å². The Morgan fingerprint density at radius 2 is 1.95 bits per heavy atom. The molecular formula is C45H60N8O6S. The van der Waals surface area contributed by atoms with Crippen LogP contribution in [0.3, 0.4) is 0 Å². The number of rotatable bonds is 9. The Balaban J connectivity index is 1.25. The van der Waals surface area contributed by atoms with E-state index in [1.54, 1.807) is 7.11 Å². The summed E-state index contributed by atoms with van der Waals surface area (Å²) in [5, 5.41) is 18.0. The maximum atomic E-state index is 14.1. The summed E-state index contributed by atoms with van der Waals surface area (Å²) in [4.78, 5) is 56.1. The molecule has 2 saturated heterocycles. The van der Waals surface area contributed by atoms with Crippen molar-refractivity contribution < 1.29 is 29.0 Å². The molecule has 1 aromatic carbocycles. The summed E-state index contributed by atoms with van der Waals surface area (Å²) in [6.45, 7) is 16.0. The minimum absolute atomic E-state index is 0.0977. The number of aryl methyl sites for hydroxylation is 1. The zero-order chi connectivity index (χ0) is 42.3. The second kappa shape index (κ2) is 17.5. The molecule has 14 nitrogen and oxygen atoms in total. The van der Waals surface area contributed by atoms with Crippen LogP contribution in [0.5, 0.6) is 0 Å². The molecule has 0 spiro atoms. The van der Waals surface area contributed by atoms with Gasteiger partial charge in [-0.1, -0.05) is 26.8 Å². The van der Waals surface area contributed by atoms with Gasteiger partial charge >= 0.3 is 5.97 Å². The number of amides is 2. The number of carbonyl (C=O) groups excluding carboxylic acids is 3. The van der Waals surface area contributed by atoms with Crippen LogP contribution in [0.25, 0.3) is 33.4 Å². The Kier molecular flexibility index (Phi) is 12.3. The summed E-state index contributed by atoms with van der Waals surface area (Å²) in [5.74, 6) is -0.603. The first kappa shape index (κ1) is 42.3. The number of pyridine rings is 1. The molecule has 4 aromatic rings. The van der Waals surface area contributed by atoms with Crippen LogP contribution in [-0.4, -0.2) is 119 Å². The van der Waals surface area contributed by atoms with E-state index in [2.05, 4.69) is 70.1 Å². The molecule has 60 heavy (non-hydrogen) atoms. The molecule has 322 valence electrons. The van der Waals surface area contributed by atoms with Crippen LogP contribution in [0.4, 0.5) is 5.69 Å². The molecule has 4 aliphatic rings. The van der Waals surface area contributed by atoms with Gasteiger partial charge in [0.25, 0.3) is 5.91 Å². The van der Waals surface area contributed by atoms with E-state index in [0.717, 1.165) is 88.0 Å². The van der Waals surface area contributed by atoms with Crippen LogP contribution >= 0.6 is 11.3 Å². The number of carbonyl (C=O) groups is 3. The van der Waals surface area contributed by atoms with Crippen molar-refractivity contribution in [2.45, 2.75) is 91.5 Å². The highest BCUT2D eigenvalue weighted by atomic mass is 32.1. The van der Waals surface area contributed by atoms with E-state index in [4.69, 9.17) is 19.4 Å². The van der Waals surface area contributed by atoms with E-state index in [-0.39, 0.29) is 43.5 Å². The van der Waals surface area contributed by atoms with Gasteiger partial charge < -0.3 is 29.4 Å². The number of cyclic esters (lactones) is 1. The van der Waals surface area contributed by atoms with Gasteiger partial charge in [-0.3, -0.25) is 29.3 Å². The molecule has 8 rings (SSSR count). The predicted octanol–water partition coefficient (Wildman–Crippen LogP) is 4.97. The lowest BCUT2D eigenvalue weighted by atomic mass is 9.84. The minimum atomic E-state index is -0.836. The fourth-order valence-electron chi connectivity index (χ4n) is 9.11. The fraction of sp³-hybridized carbons (Fsp3) is 0.578. The number of fused-ring (bicyclic) bond motifs is 6. The van der Waals surface area contributed by atoms with E-state index < -0.39 is 23.5 Å². The smallest absolute Gasteiger partial charge is 0.324 e. The van der Waals surface area contributed by atoms with Gasteiger partial charge in [0.2, 0.25) is 5.91 Å². The van der Waals surface area contributed by atoms with Crippen LogP contribution in [-0.2, 0) is 43.2 Å². The van der Waals surface area contributed by atoms with Crippen LogP contribution in [0.1, 0.15) is 76.3 Å². The number of hydrazine groups is 1. The third kappa shape index (κ3) is 8.69. The quantitative estimate of drug-likeness (QED) is 0.196. The minimum Gasteiger partial charge on any atom is -0.464 e. The molecule has 2 amide bonds. The van der Waals surface area contributed by atoms with Gasteiger partial charge in [-0.15, -0.1) is 11.3 Å². The van der Waals surface area contributed by atoms with Crippen LogP contribution in [0, 0.1) is 17.3 Å². The number of ether oxygens (including phenoxy) is 2. The lowest BCUT2D eigenvalue weighted by Gasteiger charge is -2.36. The van der Waals surface area contributed by atoms with E-state index in [9.17, 15) is 19.5 Å². The number of aliphatic hydroxyl groups excluding tert-OH is 1. The normalized spacial score (nSPS) is 24.2. The predicted molar refractivity (Wildman–Crippen MR) is 232 cm³/mol. The highest BCUT2D eigenvalue weighted by molar-refractivity contribution is 7.10. The summed E-state index contributed by atoms with van der Waals surface area (Å²) >= 11 is 1.48. The van der Waals surface area contributed by atoms with Gasteiger partial charge in [0.05, 0.1) is 53.3 Å². The second-order valence-corrected chi connectivity index (χ2v) is 18.8. The number of esters is 1. The molecule has 6 bridgehead atoms. The van der Waals surface area contributed by atoms with Crippen LogP contribution in [0.15, 0.2) is 35.8 Å². The number of nitrogens with one attached hydrogen (secondary N) is 2. The first-order chi connectivity index (χ1) is 28.9. The summed E-state index contributed by atoms with van der Waals surface area (Å²) in [6, 6.07) is 7.25. The van der Waals surface area contributed by atoms with E-state index in [1.807, 2.05) is 25.4 Å². The molecule has 5 atom stereocenters. The summed E-state index contributed by atoms with van der Waals surface area (Å²) in [6.07, 6.45) is 4.48. The lowest BCUT2D eigenvalue weighted by molar-refractivity contribution is -0.155. The highest BCUT2D eigenvalue weighted by Gasteiger charge is 2.42. The van der Waals surface area contributed by atoms with Crippen LogP contribution in [0.2, 0.25) is 0 Å². The Labute approximate surface area is 356 Å². The van der Waals surface area contributed by atoms with E-state index in [1.165, 1.54) is 16.3 Å². The third-order valence-corrected chi connectivity index (χ3v) is 13.7. The molecular weight excluding hydrogens is 781 g/mol. The molecule has 3 aliphatic heterocycles. The van der Waals surface area contributed by atoms with Crippen molar-refractivity contribution in [1.29, 1.82) is 0 Å². The maximum Gasteiger partial charge on any atom is 0.324 e. The van der Waals surface area contributed by atoms with Crippen molar-refractivity contribution in [3.63, 3.8) is 0 Å². The van der Waals surface area contributed by atoms with Crippen molar-refractivity contribution in [2.24, 2.45) is 17.3 Å². The summed E-state index contributed by atoms with van der Waals surface area (Å²) in [7, 11) is 1.71.